The van der Waals surface area contributed by atoms with Gasteiger partial charge in [0.25, 0.3) is 0 Å². The predicted molar refractivity (Wildman–Crippen MR) is 74.9 cm³/mol. The lowest BCUT2D eigenvalue weighted by molar-refractivity contribution is 0.262. The van der Waals surface area contributed by atoms with Gasteiger partial charge >= 0.3 is 0 Å². The van der Waals surface area contributed by atoms with Crippen LogP contribution in [0.25, 0.3) is 0 Å². The molecule has 1 atom stereocenters. The van der Waals surface area contributed by atoms with Crippen LogP contribution in [-0.4, -0.2) is 22.6 Å². The van der Waals surface area contributed by atoms with Gasteiger partial charge in [-0.05, 0) is 26.2 Å². The molecule has 0 saturated heterocycles. The average Bonchev–Trinajstić information content (AvgIpc) is 2.31. The van der Waals surface area contributed by atoms with Crippen molar-refractivity contribution in [2.75, 3.05) is 17.7 Å². The Morgan fingerprint density at radius 1 is 1.28 bits per heavy atom. The van der Waals surface area contributed by atoms with Gasteiger partial charge in [-0.25, -0.2) is 4.98 Å². The van der Waals surface area contributed by atoms with Crippen molar-refractivity contribution < 1.29 is 4.74 Å². The van der Waals surface area contributed by atoms with Crippen molar-refractivity contribution in [2.45, 2.75) is 47.1 Å². The second kappa shape index (κ2) is 6.42. The van der Waals surface area contributed by atoms with Gasteiger partial charge in [-0.1, -0.05) is 20.8 Å². The molecule has 1 rings (SSSR count). The Labute approximate surface area is 109 Å². The van der Waals surface area contributed by atoms with E-state index in [2.05, 4.69) is 43.0 Å². The molecular formula is C13H24N4O. The summed E-state index contributed by atoms with van der Waals surface area (Å²) < 4.78 is 5.62. The van der Waals surface area contributed by atoms with Crippen LogP contribution in [0.5, 0.6) is 5.88 Å². The van der Waals surface area contributed by atoms with E-state index in [0.717, 1.165) is 6.42 Å². The molecule has 1 unspecified atom stereocenters. The number of nitrogen functional groups attached to an aromatic ring is 1. The van der Waals surface area contributed by atoms with Gasteiger partial charge in [0.1, 0.15) is 11.5 Å². The Bertz CT molecular complexity index is 393. The second-order valence-electron chi connectivity index (χ2n) is 5.00. The van der Waals surface area contributed by atoms with Crippen molar-refractivity contribution in [3.8, 4) is 5.88 Å². The number of aryl methyl sites for hydroxylation is 1. The zero-order valence-electron chi connectivity index (χ0n) is 11.9. The molecule has 1 aromatic rings. The summed E-state index contributed by atoms with van der Waals surface area (Å²) in [6.45, 7) is 10.8. The fourth-order valence-electron chi connectivity index (χ4n) is 1.36. The first-order valence-electron chi connectivity index (χ1n) is 6.47. The number of anilines is 2. The minimum absolute atomic E-state index is 0.319. The van der Waals surface area contributed by atoms with Crippen molar-refractivity contribution in [3.63, 3.8) is 0 Å². The molecule has 3 N–H and O–H groups in total. The Kier molecular flexibility index (Phi) is 5.19. The fraction of sp³-hybridized carbons (Fsp3) is 0.692. The lowest BCUT2D eigenvalue weighted by atomic mass is 10.2. The van der Waals surface area contributed by atoms with E-state index >= 15 is 0 Å². The molecule has 0 amide bonds. The Hall–Kier alpha value is -1.52. The topological polar surface area (TPSA) is 73.1 Å². The quantitative estimate of drug-likeness (QED) is 0.814. The van der Waals surface area contributed by atoms with Crippen LogP contribution in [0.1, 0.15) is 39.9 Å². The van der Waals surface area contributed by atoms with Crippen molar-refractivity contribution in [2.24, 2.45) is 5.92 Å². The van der Waals surface area contributed by atoms with Crippen LogP contribution in [0, 0.1) is 12.8 Å². The summed E-state index contributed by atoms with van der Waals surface area (Å²) in [6.07, 6.45) is 1.00. The highest BCUT2D eigenvalue weighted by molar-refractivity contribution is 5.67. The van der Waals surface area contributed by atoms with Crippen molar-refractivity contribution in [3.05, 3.63) is 5.82 Å². The van der Waals surface area contributed by atoms with E-state index in [9.17, 15) is 0 Å². The summed E-state index contributed by atoms with van der Waals surface area (Å²) in [4.78, 5) is 8.56. The first kappa shape index (κ1) is 14.5. The summed E-state index contributed by atoms with van der Waals surface area (Å²) in [7, 11) is 0. The van der Waals surface area contributed by atoms with Crippen molar-refractivity contribution in [1.29, 1.82) is 0 Å². The van der Waals surface area contributed by atoms with E-state index in [-0.39, 0.29) is 0 Å². The summed E-state index contributed by atoms with van der Waals surface area (Å²) >= 11 is 0. The molecule has 0 radical (unpaired) electrons. The van der Waals surface area contributed by atoms with E-state index in [0.29, 0.717) is 41.8 Å². The lowest BCUT2D eigenvalue weighted by Crippen LogP contribution is -2.18. The monoisotopic (exact) mass is 252 g/mol. The third kappa shape index (κ3) is 4.05. The number of rotatable bonds is 6. The highest BCUT2D eigenvalue weighted by atomic mass is 16.5. The van der Waals surface area contributed by atoms with Crippen LogP contribution in [-0.2, 0) is 0 Å². The van der Waals surface area contributed by atoms with Gasteiger partial charge in [-0.2, -0.15) is 4.98 Å². The molecule has 0 aliphatic heterocycles. The number of ether oxygens (including phenoxy) is 1. The third-order valence-corrected chi connectivity index (χ3v) is 2.57. The van der Waals surface area contributed by atoms with E-state index in [1.807, 2.05) is 6.92 Å². The SMILES string of the molecule is CCC(C)Nc1nc(C)nc(OCC(C)C)c1N. The normalized spacial score (nSPS) is 12.6. The molecule has 1 aromatic heterocycles. The molecule has 0 aliphatic rings. The minimum Gasteiger partial charge on any atom is -0.476 e. The molecule has 1 heterocycles. The molecule has 0 aromatic carbocycles. The van der Waals surface area contributed by atoms with Gasteiger partial charge < -0.3 is 15.8 Å². The van der Waals surface area contributed by atoms with Crippen LogP contribution < -0.4 is 15.8 Å². The van der Waals surface area contributed by atoms with Crippen LogP contribution in [0.4, 0.5) is 11.5 Å². The van der Waals surface area contributed by atoms with Gasteiger partial charge in [-0.3, -0.25) is 0 Å². The standard InChI is InChI=1S/C13H24N4O/c1-6-9(4)15-12-11(14)13(17-10(5)16-12)18-7-8(2)3/h8-9H,6-7,14H2,1-5H3,(H,15,16,17). The summed E-state index contributed by atoms with van der Waals surface area (Å²) in [5.74, 6) is 2.23. The average molecular weight is 252 g/mol. The van der Waals surface area contributed by atoms with E-state index < -0.39 is 0 Å². The van der Waals surface area contributed by atoms with Gasteiger partial charge in [-0.15, -0.1) is 0 Å². The lowest BCUT2D eigenvalue weighted by Gasteiger charge is -2.17. The molecule has 0 bridgehead atoms. The Morgan fingerprint density at radius 2 is 1.94 bits per heavy atom. The largest absolute Gasteiger partial charge is 0.476 e. The number of nitrogens with two attached hydrogens (primary N) is 1. The molecule has 0 aliphatic carbocycles. The zero-order chi connectivity index (χ0) is 13.7. The predicted octanol–water partition coefficient (Wildman–Crippen LogP) is 2.61. The first-order chi connectivity index (χ1) is 8.43. The van der Waals surface area contributed by atoms with Gasteiger partial charge in [0.05, 0.1) is 6.61 Å². The van der Waals surface area contributed by atoms with Gasteiger partial charge in [0.15, 0.2) is 5.82 Å². The fourth-order valence-corrected chi connectivity index (χ4v) is 1.36. The third-order valence-electron chi connectivity index (χ3n) is 2.57. The maximum absolute atomic E-state index is 6.03. The summed E-state index contributed by atoms with van der Waals surface area (Å²) in [5, 5.41) is 3.27. The molecular weight excluding hydrogens is 228 g/mol. The molecule has 5 nitrogen and oxygen atoms in total. The van der Waals surface area contributed by atoms with Crippen LogP contribution in [0.15, 0.2) is 0 Å². The number of aromatic nitrogens is 2. The molecule has 0 fully saturated rings. The number of hydrogen-bond donors (Lipinski definition) is 2. The first-order valence-corrected chi connectivity index (χ1v) is 6.47. The summed E-state index contributed by atoms with van der Waals surface area (Å²) in [5.41, 5.74) is 6.52. The van der Waals surface area contributed by atoms with E-state index in [4.69, 9.17) is 10.5 Å². The number of nitrogens with zero attached hydrogens (tertiary/aromatic N) is 2. The van der Waals surface area contributed by atoms with Gasteiger partial charge in [0.2, 0.25) is 5.88 Å². The highest BCUT2D eigenvalue weighted by Gasteiger charge is 2.13. The highest BCUT2D eigenvalue weighted by Crippen LogP contribution is 2.27. The van der Waals surface area contributed by atoms with E-state index in [1.54, 1.807) is 0 Å². The molecule has 18 heavy (non-hydrogen) atoms. The summed E-state index contributed by atoms with van der Waals surface area (Å²) in [6, 6.07) is 0.319. The van der Waals surface area contributed by atoms with Crippen molar-refractivity contribution in [1.82, 2.24) is 9.97 Å². The van der Waals surface area contributed by atoms with Gasteiger partial charge in [0, 0.05) is 6.04 Å². The van der Waals surface area contributed by atoms with Crippen LogP contribution in [0.2, 0.25) is 0 Å². The number of hydrogen-bond acceptors (Lipinski definition) is 5. The Morgan fingerprint density at radius 3 is 2.50 bits per heavy atom. The van der Waals surface area contributed by atoms with E-state index in [1.165, 1.54) is 0 Å². The smallest absolute Gasteiger partial charge is 0.242 e. The zero-order valence-corrected chi connectivity index (χ0v) is 11.9. The minimum atomic E-state index is 0.319. The van der Waals surface area contributed by atoms with Crippen LogP contribution in [0.3, 0.4) is 0 Å². The van der Waals surface area contributed by atoms with Crippen molar-refractivity contribution >= 4 is 11.5 Å². The molecule has 0 saturated carbocycles. The molecule has 5 heteroatoms. The molecule has 102 valence electrons. The number of nitrogens with one attached hydrogen (secondary N) is 1. The molecule has 0 spiro atoms. The maximum atomic E-state index is 6.03. The van der Waals surface area contributed by atoms with Crippen LogP contribution >= 0.6 is 0 Å². The Balaban J connectivity index is 2.91. The second-order valence-corrected chi connectivity index (χ2v) is 5.00. The maximum Gasteiger partial charge on any atom is 0.242 e.